The maximum Gasteiger partial charge on any atom is 0.669 e. The van der Waals surface area contributed by atoms with E-state index >= 15 is 0 Å². The first kappa shape index (κ1) is 17.3. The fraction of sp³-hybridized carbons (Fsp3) is 1.00. The van der Waals surface area contributed by atoms with Crippen LogP contribution in [0.2, 0.25) is 0 Å². The summed E-state index contributed by atoms with van der Waals surface area (Å²) in [7, 11) is 1.89. The lowest BCUT2D eigenvalue weighted by Crippen LogP contribution is -2.52. The second-order valence-electron chi connectivity index (χ2n) is 2.51. The molecule has 0 rings (SSSR count). The minimum Gasteiger partial charge on any atom is -0.369 e. The Bertz CT molecular complexity index is 161. The van der Waals surface area contributed by atoms with Crippen molar-refractivity contribution in [3.8, 4) is 0 Å². The van der Waals surface area contributed by atoms with Gasteiger partial charge in [0.05, 0.1) is 0 Å². The van der Waals surface area contributed by atoms with Crippen LogP contribution in [0.1, 0.15) is 0 Å². The van der Waals surface area contributed by atoms with E-state index in [0.29, 0.717) is 0 Å². The minimum absolute atomic E-state index is 0.451. The SMILES string of the molecule is CO[Si](OC)(OC)O[Si]O[Si](OC)(OC)OC. The highest BCUT2D eigenvalue weighted by Gasteiger charge is 2.47. The van der Waals surface area contributed by atoms with E-state index in [9.17, 15) is 0 Å². The van der Waals surface area contributed by atoms with Gasteiger partial charge in [0.2, 0.25) is 0 Å². The quantitative estimate of drug-likeness (QED) is 0.491. The molecule has 0 aromatic heterocycles. The van der Waals surface area contributed by atoms with Crippen LogP contribution in [0.25, 0.3) is 0 Å². The minimum atomic E-state index is -3.11. The molecule has 2 radical (unpaired) electrons. The van der Waals surface area contributed by atoms with E-state index in [1.165, 1.54) is 42.7 Å². The Morgan fingerprint density at radius 1 is 0.529 bits per heavy atom. The summed E-state index contributed by atoms with van der Waals surface area (Å²) in [6.07, 6.45) is 0. The summed E-state index contributed by atoms with van der Waals surface area (Å²) in [6, 6.07) is 0. The van der Waals surface area contributed by atoms with Crippen molar-refractivity contribution in [2.24, 2.45) is 0 Å². The van der Waals surface area contributed by atoms with Crippen molar-refractivity contribution in [1.82, 2.24) is 0 Å². The molecule has 0 aliphatic rings. The molecule has 0 unspecified atom stereocenters. The third-order valence-corrected chi connectivity index (χ3v) is 7.50. The molecule has 0 atom stereocenters. The van der Waals surface area contributed by atoms with Crippen molar-refractivity contribution < 1.29 is 34.8 Å². The van der Waals surface area contributed by atoms with E-state index in [0.717, 1.165) is 0 Å². The zero-order valence-corrected chi connectivity index (χ0v) is 13.8. The molecule has 0 heterocycles. The normalized spacial score (nSPS) is 13.1. The standard InChI is InChI=1S/C6H18O8Si3/c1-7-16(8-2,9-3)13-15-14-17(10-4,11-5)12-6/h1-6H3. The van der Waals surface area contributed by atoms with Gasteiger partial charge in [0.15, 0.2) is 0 Å². The van der Waals surface area contributed by atoms with Gasteiger partial charge in [-0.1, -0.05) is 0 Å². The van der Waals surface area contributed by atoms with Crippen LogP contribution < -0.4 is 0 Å². The van der Waals surface area contributed by atoms with E-state index in [4.69, 9.17) is 34.8 Å². The van der Waals surface area contributed by atoms with Gasteiger partial charge in [-0.25, -0.2) is 0 Å². The molecule has 0 aromatic rings. The highest BCUT2D eigenvalue weighted by Crippen LogP contribution is 2.10. The Labute approximate surface area is 106 Å². The highest BCUT2D eigenvalue weighted by atomic mass is 28.5. The van der Waals surface area contributed by atoms with Crippen molar-refractivity contribution in [2.75, 3.05) is 42.7 Å². The molecule has 0 amide bonds. The van der Waals surface area contributed by atoms with Crippen molar-refractivity contribution in [2.45, 2.75) is 0 Å². The van der Waals surface area contributed by atoms with Crippen LogP contribution in [0.3, 0.4) is 0 Å². The Kier molecular flexibility index (Phi) is 8.60. The fourth-order valence-corrected chi connectivity index (χ4v) is 5.23. The van der Waals surface area contributed by atoms with Gasteiger partial charge in [-0.05, 0) is 0 Å². The summed E-state index contributed by atoms with van der Waals surface area (Å²) in [5.41, 5.74) is 0. The summed E-state index contributed by atoms with van der Waals surface area (Å²) >= 11 is 0. The average molecular weight is 302 g/mol. The smallest absolute Gasteiger partial charge is 0.369 e. The molecular formula is C6H18O8Si3. The zero-order chi connectivity index (χ0) is 13.4. The molecule has 0 aliphatic carbocycles. The van der Waals surface area contributed by atoms with Gasteiger partial charge in [-0.3, -0.25) is 0 Å². The van der Waals surface area contributed by atoms with Crippen LogP contribution in [0.5, 0.6) is 0 Å². The van der Waals surface area contributed by atoms with E-state index in [2.05, 4.69) is 0 Å². The summed E-state index contributed by atoms with van der Waals surface area (Å²) in [5.74, 6) is 0. The topological polar surface area (TPSA) is 73.8 Å². The molecule has 0 aromatic carbocycles. The first-order chi connectivity index (χ1) is 8.07. The van der Waals surface area contributed by atoms with Crippen LogP contribution in [0, 0.1) is 0 Å². The highest BCUT2D eigenvalue weighted by molar-refractivity contribution is 6.63. The molecule has 0 bridgehead atoms. The Morgan fingerprint density at radius 3 is 0.941 bits per heavy atom. The lowest BCUT2D eigenvalue weighted by Gasteiger charge is -2.26. The molecule has 0 saturated carbocycles. The summed E-state index contributed by atoms with van der Waals surface area (Å²) in [4.78, 5) is 0. The second kappa shape index (κ2) is 8.44. The number of hydrogen-bond acceptors (Lipinski definition) is 8. The van der Waals surface area contributed by atoms with E-state index in [1.54, 1.807) is 0 Å². The molecule has 8 nitrogen and oxygen atoms in total. The summed E-state index contributed by atoms with van der Waals surface area (Å²) in [6.45, 7) is 0. The van der Waals surface area contributed by atoms with E-state index < -0.39 is 28.1 Å². The molecule has 0 saturated heterocycles. The summed E-state index contributed by atoms with van der Waals surface area (Å²) in [5, 5.41) is 0. The largest absolute Gasteiger partial charge is 0.669 e. The molecule has 0 N–H and O–H groups in total. The Balaban J connectivity index is 4.28. The van der Waals surface area contributed by atoms with Gasteiger partial charge in [-0.2, -0.15) is 0 Å². The molecule has 0 aliphatic heterocycles. The van der Waals surface area contributed by atoms with Crippen molar-refractivity contribution in [3.05, 3.63) is 0 Å². The Hall–Kier alpha value is 0.331. The third kappa shape index (κ3) is 4.84. The van der Waals surface area contributed by atoms with Gasteiger partial charge in [-0.15, -0.1) is 0 Å². The van der Waals surface area contributed by atoms with Crippen molar-refractivity contribution in [1.29, 1.82) is 0 Å². The van der Waals surface area contributed by atoms with Crippen LogP contribution in [-0.4, -0.2) is 70.8 Å². The maximum absolute atomic E-state index is 5.31. The number of rotatable bonds is 10. The summed E-state index contributed by atoms with van der Waals surface area (Å²) < 4.78 is 40.9. The van der Waals surface area contributed by atoms with Crippen LogP contribution in [0.15, 0.2) is 0 Å². The molecule has 0 fully saturated rings. The third-order valence-electron chi connectivity index (χ3n) is 1.83. The molecule has 11 heteroatoms. The second-order valence-corrected chi connectivity index (χ2v) is 8.76. The van der Waals surface area contributed by atoms with Gasteiger partial charge < -0.3 is 34.8 Å². The Morgan fingerprint density at radius 2 is 0.765 bits per heavy atom. The first-order valence-corrected chi connectivity index (χ1v) is 8.57. The van der Waals surface area contributed by atoms with Crippen LogP contribution in [-0.2, 0) is 34.8 Å². The lowest BCUT2D eigenvalue weighted by atomic mass is 11.8. The van der Waals surface area contributed by atoms with Gasteiger partial charge in [0, 0.05) is 42.7 Å². The monoisotopic (exact) mass is 302 g/mol. The van der Waals surface area contributed by atoms with Gasteiger partial charge >= 0.3 is 28.1 Å². The van der Waals surface area contributed by atoms with E-state index in [1.807, 2.05) is 0 Å². The van der Waals surface area contributed by atoms with Crippen molar-refractivity contribution >= 4 is 28.1 Å². The first-order valence-electron chi connectivity index (χ1n) is 4.49. The van der Waals surface area contributed by atoms with Crippen molar-refractivity contribution in [3.63, 3.8) is 0 Å². The molecule has 102 valence electrons. The van der Waals surface area contributed by atoms with Crippen LogP contribution >= 0.6 is 0 Å². The molecule has 0 spiro atoms. The number of hydrogen-bond donors (Lipinski definition) is 0. The maximum atomic E-state index is 5.31. The van der Waals surface area contributed by atoms with Crippen LogP contribution in [0.4, 0.5) is 0 Å². The predicted molar refractivity (Wildman–Crippen MR) is 61.5 cm³/mol. The lowest BCUT2D eigenvalue weighted by molar-refractivity contribution is 0.0270. The predicted octanol–water partition coefficient (Wildman–Crippen LogP) is -0.697. The van der Waals surface area contributed by atoms with Gasteiger partial charge in [0.25, 0.3) is 0 Å². The van der Waals surface area contributed by atoms with E-state index in [-0.39, 0.29) is 0 Å². The average Bonchev–Trinajstić information content (AvgIpc) is 2.41. The fourth-order valence-electron chi connectivity index (χ4n) is 0.873. The molecular weight excluding hydrogens is 284 g/mol. The zero-order valence-electron chi connectivity index (χ0n) is 10.8. The van der Waals surface area contributed by atoms with Gasteiger partial charge in [0.1, 0.15) is 0 Å². The molecule has 17 heavy (non-hydrogen) atoms.